The van der Waals surface area contributed by atoms with Crippen LogP contribution in [0.25, 0.3) is 0 Å². The monoisotopic (exact) mass is 166 g/mol. The van der Waals surface area contributed by atoms with Gasteiger partial charge in [-0.15, -0.1) is 0 Å². The molecule has 1 fully saturated rings. The van der Waals surface area contributed by atoms with Crippen molar-refractivity contribution < 1.29 is 0 Å². The third-order valence-electron chi connectivity index (χ3n) is 3.03. The lowest BCUT2D eigenvalue weighted by Gasteiger charge is -2.09. The van der Waals surface area contributed by atoms with E-state index < -0.39 is 0 Å². The normalized spacial score (nSPS) is 23.4. The Bertz CT molecular complexity index is 135. The fraction of sp³-hybridized carbons (Fsp3) is 0.833. The van der Waals surface area contributed by atoms with Gasteiger partial charge in [0.2, 0.25) is 0 Å². The summed E-state index contributed by atoms with van der Waals surface area (Å²) in [5.74, 6) is 0.891. The van der Waals surface area contributed by atoms with Crippen LogP contribution in [-0.4, -0.2) is 0 Å². The molecule has 0 heteroatoms. The summed E-state index contributed by atoms with van der Waals surface area (Å²) in [7, 11) is 0. The quantitative estimate of drug-likeness (QED) is 0.421. The fourth-order valence-corrected chi connectivity index (χ4v) is 2.15. The van der Waals surface area contributed by atoms with E-state index in [1.165, 1.54) is 56.9 Å². The highest BCUT2D eigenvalue weighted by Crippen LogP contribution is 2.33. The molecule has 1 saturated carbocycles. The minimum Gasteiger partial charge on any atom is -0.0996 e. The highest BCUT2D eigenvalue weighted by atomic mass is 14.2. The number of hydrogen-bond donors (Lipinski definition) is 0. The molecule has 1 aliphatic rings. The van der Waals surface area contributed by atoms with Crippen LogP contribution >= 0.6 is 0 Å². The zero-order valence-electron chi connectivity index (χ0n) is 8.44. The van der Waals surface area contributed by atoms with Crippen LogP contribution in [0, 0.1) is 5.92 Å². The van der Waals surface area contributed by atoms with Gasteiger partial charge in [0.25, 0.3) is 0 Å². The third kappa shape index (κ3) is 3.00. The Kier molecular flexibility index (Phi) is 4.42. The molecule has 0 spiro atoms. The molecule has 0 amide bonds. The molecule has 0 aliphatic heterocycles. The molecule has 0 radical (unpaired) electrons. The zero-order valence-corrected chi connectivity index (χ0v) is 8.44. The summed E-state index contributed by atoms with van der Waals surface area (Å²) in [6.45, 7) is 6.41. The van der Waals surface area contributed by atoms with E-state index in [2.05, 4.69) is 13.5 Å². The van der Waals surface area contributed by atoms with Crippen LogP contribution in [0.15, 0.2) is 12.2 Å². The molecule has 70 valence electrons. The molecule has 0 saturated heterocycles. The van der Waals surface area contributed by atoms with Gasteiger partial charge in [-0.2, -0.15) is 0 Å². The Balaban J connectivity index is 2.02. The highest BCUT2D eigenvalue weighted by Gasteiger charge is 2.17. The van der Waals surface area contributed by atoms with Crippen molar-refractivity contribution in [2.75, 3.05) is 0 Å². The van der Waals surface area contributed by atoms with Crippen molar-refractivity contribution in [1.82, 2.24) is 0 Å². The van der Waals surface area contributed by atoms with Crippen molar-refractivity contribution in [3.05, 3.63) is 12.2 Å². The first-order valence-electron chi connectivity index (χ1n) is 5.52. The predicted octanol–water partition coefficient (Wildman–Crippen LogP) is 4.31. The molecule has 12 heavy (non-hydrogen) atoms. The van der Waals surface area contributed by atoms with Crippen molar-refractivity contribution in [3.63, 3.8) is 0 Å². The van der Waals surface area contributed by atoms with Gasteiger partial charge in [-0.25, -0.2) is 0 Å². The summed E-state index contributed by atoms with van der Waals surface area (Å²) in [6.07, 6.45) is 11.2. The fourth-order valence-electron chi connectivity index (χ4n) is 2.15. The number of hydrogen-bond acceptors (Lipinski definition) is 0. The largest absolute Gasteiger partial charge is 0.0996 e. The van der Waals surface area contributed by atoms with E-state index in [1.807, 2.05) is 0 Å². The topological polar surface area (TPSA) is 0 Å². The van der Waals surface area contributed by atoms with Crippen LogP contribution in [-0.2, 0) is 0 Å². The Labute approximate surface area is 77.1 Å². The number of unbranched alkanes of at least 4 members (excludes halogenated alkanes) is 3. The summed E-state index contributed by atoms with van der Waals surface area (Å²) < 4.78 is 0. The highest BCUT2D eigenvalue weighted by molar-refractivity contribution is 5.05. The zero-order chi connectivity index (χ0) is 8.81. The van der Waals surface area contributed by atoms with E-state index in [4.69, 9.17) is 0 Å². The summed E-state index contributed by atoms with van der Waals surface area (Å²) in [4.78, 5) is 0. The number of rotatable bonds is 5. The van der Waals surface area contributed by atoms with Crippen molar-refractivity contribution in [2.45, 2.75) is 58.3 Å². The van der Waals surface area contributed by atoms with E-state index in [-0.39, 0.29) is 0 Å². The van der Waals surface area contributed by atoms with E-state index in [0.717, 1.165) is 5.92 Å². The van der Waals surface area contributed by atoms with Crippen molar-refractivity contribution in [1.29, 1.82) is 0 Å². The third-order valence-corrected chi connectivity index (χ3v) is 3.03. The van der Waals surface area contributed by atoms with Crippen molar-refractivity contribution in [2.24, 2.45) is 5.92 Å². The van der Waals surface area contributed by atoms with E-state index in [1.54, 1.807) is 0 Å². The first kappa shape index (κ1) is 9.83. The molecule has 0 bridgehead atoms. The first-order chi connectivity index (χ1) is 5.84. The molecular weight excluding hydrogens is 144 g/mol. The minimum absolute atomic E-state index is 0.891. The lowest BCUT2D eigenvalue weighted by molar-refractivity contribution is 0.519. The second kappa shape index (κ2) is 5.40. The van der Waals surface area contributed by atoms with Gasteiger partial charge in [-0.1, -0.05) is 44.8 Å². The Morgan fingerprint density at radius 3 is 2.75 bits per heavy atom. The second-order valence-electron chi connectivity index (χ2n) is 4.10. The van der Waals surface area contributed by atoms with Crippen LogP contribution < -0.4 is 0 Å². The molecule has 0 aromatic heterocycles. The van der Waals surface area contributed by atoms with Gasteiger partial charge in [0.15, 0.2) is 0 Å². The molecule has 0 nitrogen and oxygen atoms in total. The van der Waals surface area contributed by atoms with Gasteiger partial charge in [0.1, 0.15) is 0 Å². The smallest absolute Gasteiger partial charge is 0.0206 e. The van der Waals surface area contributed by atoms with Gasteiger partial charge >= 0.3 is 0 Å². The summed E-state index contributed by atoms with van der Waals surface area (Å²) in [5.41, 5.74) is 1.53. The average molecular weight is 166 g/mol. The van der Waals surface area contributed by atoms with E-state index in [9.17, 15) is 0 Å². The van der Waals surface area contributed by atoms with Gasteiger partial charge in [-0.3, -0.25) is 0 Å². The average Bonchev–Trinajstić information content (AvgIpc) is 2.46. The lowest BCUT2D eigenvalue weighted by Crippen LogP contribution is -1.95. The molecular formula is C12H22. The maximum Gasteiger partial charge on any atom is -0.0206 e. The second-order valence-corrected chi connectivity index (χ2v) is 4.10. The number of allylic oxidation sites excluding steroid dienone is 1. The lowest BCUT2D eigenvalue weighted by atomic mass is 9.96. The maximum absolute atomic E-state index is 4.13. The molecule has 1 atom stereocenters. The molecule has 1 unspecified atom stereocenters. The Morgan fingerprint density at radius 2 is 2.17 bits per heavy atom. The summed E-state index contributed by atoms with van der Waals surface area (Å²) in [6, 6.07) is 0. The standard InChI is InChI=1S/C12H22/c1-3-4-5-6-9-12-10-7-8-11(12)2/h12H,2-10H2,1H3. The minimum atomic E-state index is 0.891. The molecule has 0 aromatic rings. The van der Waals surface area contributed by atoms with Gasteiger partial charge < -0.3 is 0 Å². The summed E-state index contributed by atoms with van der Waals surface area (Å²) in [5, 5.41) is 0. The van der Waals surface area contributed by atoms with Crippen LogP contribution in [0.2, 0.25) is 0 Å². The van der Waals surface area contributed by atoms with Crippen molar-refractivity contribution >= 4 is 0 Å². The van der Waals surface area contributed by atoms with Crippen LogP contribution in [0.1, 0.15) is 58.3 Å². The van der Waals surface area contributed by atoms with E-state index >= 15 is 0 Å². The molecule has 1 aliphatic carbocycles. The molecule has 0 heterocycles. The van der Waals surface area contributed by atoms with Gasteiger partial charge in [0, 0.05) is 0 Å². The van der Waals surface area contributed by atoms with Crippen LogP contribution in [0.4, 0.5) is 0 Å². The predicted molar refractivity (Wildman–Crippen MR) is 55.2 cm³/mol. The molecule has 0 aromatic carbocycles. The van der Waals surface area contributed by atoms with Gasteiger partial charge in [0.05, 0.1) is 0 Å². The van der Waals surface area contributed by atoms with Gasteiger partial charge in [-0.05, 0) is 31.6 Å². The van der Waals surface area contributed by atoms with Crippen molar-refractivity contribution in [3.8, 4) is 0 Å². The Morgan fingerprint density at radius 1 is 1.33 bits per heavy atom. The molecule has 0 N–H and O–H groups in total. The maximum atomic E-state index is 4.13. The Hall–Kier alpha value is -0.260. The van der Waals surface area contributed by atoms with Crippen LogP contribution in [0.5, 0.6) is 0 Å². The first-order valence-corrected chi connectivity index (χ1v) is 5.52. The SMILES string of the molecule is C=C1CCCC1CCCCCC. The van der Waals surface area contributed by atoms with Crippen LogP contribution in [0.3, 0.4) is 0 Å². The van der Waals surface area contributed by atoms with E-state index in [0.29, 0.717) is 0 Å². The molecule has 1 rings (SSSR count). The summed E-state index contributed by atoms with van der Waals surface area (Å²) >= 11 is 0.